The first kappa shape index (κ1) is 30.9. The van der Waals surface area contributed by atoms with Crippen LogP contribution in [0.5, 0.6) is 5.75 Å². The second kappa shape index (κ2) is 16.5. The van der Waals surface area contributed by atoms with Crippen molar-refractivity contribution in [3.63, 3.8) is 0 Å². The van der Waals surface area contributed by atoms with Gasteiger partial charge in [-0.25, -0.2) is 0 Å². The number of carbonyl (C=O) groups is 3. The molecule has 7 heteroatoms. The van der Waals surface area contributed by atoms with Gasteiger partial charge in [0.2, 0.25) is 11.8 Å². The van der Waals surface area contributed by atoms with Gasteiger partial charge in [0.1, 0.15) is 11.8 Å². The number of carbonyl (C=O) groups excluding carboxylic acids is 3. The first-order valence-electron chi connectivity index (χ1n) is 13.7. The van der Waals surface area contributed by atoms with Crippen molar-refractivity contribution in [3.05, 3.63) is 65.7 Å². The zero-order valence-electron chi connectivity index (χ0n) is 23.6. The van der Waals surface area contributed by atoms with Gasteiger partial charge in [0, 0.05) is 25.4 Å². The highest BCUT2D eigenvalue weighted by Gasteiger charge is 2.32. The lowest BCUT2D eigenvalue weighted by molar-refractivity contribution is -0.145. The summed E-state index contributed by atoms with van der Waals surface area (Å²) in [7, 11) is 1.60. The average Bonchev–Trinajstić information content (AvgIpc) is 2.91. The molecule has 0 spiro atoms. The van der Waals surface area contributed by atoms with Crippen LogP contribution in [0.25, 0.3) is 0 Å². The Bertz CT molecular complexity index is 991. The molecule has 2 rings (SSSR count). The Morgan fingerprint density at radius 3 is 2.21 bits per heavy atom. The lowest BCUT2D eigenvalue weighted by Crippen LogP contribution is -2.50. The van der Waals surface area contributed by atoms with Gasteiger partial charge in [-0.3, -0.25) is 14.4 Å². The SMILES string of the molecule is CCCCN(C(=O)C[C@@H](CC(=O)OCC)c1ccc(OC)cc1)[C@H](CC(C)C)C(=O)NCc1ccccc1. The van der Waals surface area contributed by atoms with Crippen LogP contribution < -0.4 is 10.1 Å². The zero-order valence-corrected chi connectivity index (χ0v) is 23.6. The Hall–Kier alpha value is -3.35. The van der Waals surface area contributed by atoms with Gasteiger partial charge in [0.25, 0.3) is 0 Å². The Kier molecular flexibility index (Phi) is 13.4. The number of ether oxygens (including phenoxy) is 2. The lowest BCUT2D eigenvalue weighted by atomic mass is 9.91. The number of nitrogens with zero attached hydrogens (tertiary/aromatic N) is 1. The highest BCUT2D eigenvalue weighted by atomic mass is 16.5. The predicted molar refractivity (Wildman–Crippen MR) is 150 cm³/mol. The van der Waals surface area contributed by atoms with Crippen LogP contribution in [-0.4, -0.2) is 49.0 Å². The molecule has 0 aromatic heterocycles. The maximum atomic E-state index is 13.9. The van der Waals surface area contributed by atoms with Crippen molar-refractivity contribution in [2.45, 2.75) is 78.3 Å². The van der Waals surface area contributed by atoms with E-state index in [1.807, 2.05) is 54.6 Å². The fourth-order valence-electron chi connectivity index (χ4n) is 4.44. The molecule has 0 aliphatic heterocycles. The molecule has 2 aromatic rings. The van der Waals surface area contributed by atoms with E-state index in [2.05, 4.69) is 26.1 Å². The summed E-state index contributed by atoms with van der Waals surface area (Å²) in [5.74, 6) is -0.0883. The Morgan fingerprint density at radius 1 is 0.947 bits per heavy atom. The van der Waals surface area contributed by atoms with Crippen LogP contribution in [0.3, 0.4) is 0 Å². The minimum Gasteiger partial charge on any atom is -0.497 e. The molecule has 0 heterocycles. The Labute approximate surface area is 227 Å². The van der Waals surface area contributed by atoms with E-state index in [0.29, 0.717) is 25.3 Å². The normalized spacial score (nSPS) is 12.5. The molecular weight excluding hydrogens is 480 g/mol. The van der Waals surface area contributed by atoms with E-state index in [4.69, 9.17) is 9.47 Å². The molecule has 0 fully saturated rings. The van der Waals surface area contributed by atoms with Crippen molar-refractivity contribution in [2.24, 2.45) is 5.92 Å². The summed E-state index contributed by atoms with van der Waals surface area (Å²) in [6.07, 6.45) is 2.44. The van der Waals surface area contributed by atoms with Crippen molar-refractivity contribution in [2.75, 3.05) is 20.3 Å². The number of benzene rings is 2. The molecule has 0 saturated heterocycles. The third-order valence-corrected chi connectivity index (χ3v) is 6.48. The van der Waals surface area contributed by atoms with Crippen LogP contribution in [0.2, 0.25) is 0 Å². The minimum absolute atomic E-state index is 0.0859. The maximum absolute atomic E-state index is 13.9. The summed E-state index contributed by atoms with van der Waals surface area (Å²) < 4.78 is 10.5. The smallest absolute Gasteiger partial charge is 0.306 e. The molecule has 2 atom stereocenters. The van der Waals surface area contributed by atoms with Crippen LogP contribution in [-0.2, 0) is 25.7 Å². The van der Waals surface area contributed by atoms with E-state index in [1.54, 1.807) is 18.9 Å². The fourth-order valence-corrected chi connectivity index (χ4v) is 4.44. The molecule has 1 N–H and O–H groups in total. The number of esters is 1. The molecule has 38 heavy (non-hydrogen) atoms. The van der Waals surface area contributed by atoms with E-state index >= 15 is 0 Å². The molecule has 2 aromatic carbocycles. The number of hydrogen-bond donors (Lipinski definition) is 1. The first-order chi connectivity index (χ1) is 18.3. The average molecular weight is 525 g/mol. The maximum Gasteiger partial charge on any atom is 0.306 e. The predicted octanol–water partition coefficient (Wildman–Crippen LogP) is 5.48. The quantitative estimate of drug-likeness (QED) is 0.294. The van der Waals surface area contributed by atoms with E-state index in [-0.39, 0.29) is 49.1 Å². The molecule has 7 nitrogen and oxygen atoms in total. The molecular formula is C31H44N2O5. The third kappa shape index (κ3) is 10.2. The Morgan fingerprint density at radius 2 is 1.63 bits per heavy atom. The summed E-state index contributed by atoms with van der Waals surface area (Å²) in [5.41, 5.74) is 1.86. The lowest BCUT2D eigenvalue weighted by Gasteiger charge is -2.33. The van der Waals surface area contributed by atoms with Gasteiger partial charge in [-0.15, -0.1) is 0 Å². The number of unbranched alkanes of at least 4 members (excludes halogenated alkanes) is 1. The molecule has 2 amide bonds. The van der Waals surface area contributed by atoms with E-state index in [1.165, 1.54) is 0 Å². The van der Waals surface area contributed by atoms with Crippen LogP contribution in [0.4, 0.5) is 0 Å². The topological polar surface area (TPSA) is 84.9 Å². The summed E-state index contributed by atoms with van der Waals surface area (Å²) in [6, 6.07) is 16.6. The summed E-state index contributed by atoms with van der Waals surface area (Å²) in [5, 5.41) is 3.04. The van der Waals surface area contributed by atoms with Crippen molar-refractivity contribution in [1.29, 1.82) is 0 Å². The van der Waals surface area contributed by atoms with Crippen LogP contribution >= 0.6 is 0 Å². The molecule has 0 saturated carbocycles. The van der Waals surface area contributed by atoms with Gasteiger partial charge in [-0.2, -0.15) is 0 Å². The van der Waals surface area contributed by atoms with Crippen molar-refractivity contribution >= 4 is 17.8 Å². The largest absolute Gasteiger partial charge is 0.497 e. The van der Waals surface area contributed by atoms with Gasteiger partial charge in [-0.1, -0.05) is 69.7 Å². The van der Waals surface area contributed by atoms with Crippen LogP contribution in [0.1, 0.15) is 76.8 Å². The molecule has 0 bridgehead atoms. The second-order valence-corrected chi connectivity index (χ2v) is 9.97. The van der Waals surface area contributed by atoms with Crippen molar-refractivity contribution in [1.82, 2.24) is 10.2 Å². The zero-order chi connectivity index (χ0) is 27.9. The number of rotatable bonds is 16. The summed E-state index contributed by atoms with van der Waals surface area (Å²) in [4.78, 5) is 41.5. The van der Waals surface area contributed by atoms with Gasteiger partial charge in [0.15, 0.2) is 0 Å². The molecule has 0 aliphatic rings. The molecule has 0 unspecified atom stereocenters. The van der Waals surface area contributed by atoms with Gasteiger partial charge < -0.3 is 19.7 Å². The number of amides is 2. The summed E-state index contributed by atoms with van der Waals surface area (Å²) in [6.45, 7) is 9.12. The third-order valence-electron chi connectivity index (χ3n) is 6.48. The fraction of sp³-hybridized carbons (Fsp3) is 0.516. The van der Waals surface area contributed by atoms with E-state index < -0.39 is 6.04 Å². The standard InChI is InChI=1S/C31H44N2O5/c1-6-8-18-33(28(19-23(3)4)31(36)32-22-24-12-10-9-11-13-24)29(34)20-26(21-30(35)38-7-2)25-14-16-27(37-5)17-15-25/h9-17,23,26,28H,6-8,18-22H2,1-5H3,(H,32,36)/t26-,28+/m0/s1. The van der Waals surface area contributed by atoms with Crippen molar-refractivity contribution < 1.29 is 23.9 Å². The second-order valence-electron chi connectivity index (χ2n) is 9.97. The summed E-state index contributed by atoms with van der Waals surface area (Å²) >= 11 is 0. The van der Waals surface area contributed by atoms with Crippen LogP contribution in [0, 0.1) is 5.92 Å². The van der Waals surface area contributed by atoms with Gasteiger partial charge in [-0.05, 0) is 48.9 Å². The Balaban J connectivity index is 2.29. The first-order valence-corrected chi connectivity index (χ1v) is 13.7. The van der Waals surface area contributed by atoms with Gasteiger partial charge in [0.05, 0.1) is 20.1 Å². The molecule has 0 radical (unpaired) electrons. The minimum atomic E-state index is -0.586. The highest BCUT2D eigenvalue weighted by Crippen LogP contribution is 2.28. The molecule has 208 valence electrons. The van der Waals surface area contributed by atoms with Gasteiger partial charge >= 0.3 is 5.97 Å². The molecule has 0 aliphatic carbocycles. The highest BCUT2D eigenvalue weighted by molar-refractivity contribution is 5.88. The van der Waals surface area contributed by atoms with E-state index in [9.17, 15) is 14.4 Å². The number of hydrogen-bond acceptors (Lipinski definition) is 5. The van der Waals surface area contributed by atoms with E-state index in [0.717, 1.165) is 24.0 Å². The number of methoxy groups -OCH3 is 1. The monoisotopic (exact) mass is 524 g/mol. The van der Waals surface area contributed by atoms with Crippen LogP contribution in [0.15, 0.2) is 54.6 Å². The van der Waals surface area contributed by atoms with Crippen molar-refractivity contribution in [3.8, 4) is 5.75 Å². The number of nitrogens with one attached hydrogen (secondary N) is 1.